The highest BCUT2D eigenvalue weighted by molar-refractivity contribution is 7.22. The highest BCUT2D eigenvalue weighted by atomic mass is 28.3. The molecule has 326 valence electrons. The Hall–Kier alpha value is -8.15. The van der Waals surface area contributed by atoms with Crippen LogP contribution in [-0.4, -0.2) is 16.1 Å². The molecule has 0 radical (unpaired) electrons. The molecule has 15 rings (SSSR count). The summed E-state index contributed by atoms with van der Waals surface area (Å²) in [5, 5.41) is 24.6. The fourth-order valence-corrected chi connectivity index (χ4v) is 21.6. The van der Waals surface area contributed by atoms with Crippen LogP contribution in [0.25, 0.3) is 109 Å². The monoisotopic (exact) mass is 918 g/mol. The van der Waals surface area contributed by atoms with Gasteiger partial charge in [-0.25, -0.2) is 0 Å². The summed E-state index contributed by atoms with van der Waals surface area (Å²) in [6, 6.07) is 93.1. The minimum Gasteiger partial charge on any atom is -0.0623 e. The summed E-state index contributed by atoms with van der Waals surface area (Å²) in [4.78, 5) is 0. The predicted octanol–water partition coefficient (Wildman–Crippen LogP) is 14.1. The lowest BCUT2D eigenvalue weighted by atomic mass is 9.85. The molecule has 0 aromatic heterocycles. The summed E-state index contributed by atoms with van der Waals surface area (Å²) >= 11 is 0. The van der Waals surface area contributed by atoms with Crippen LogP contribution in [0.2, 0.25) is 13.1 Å². The lowest BCUT2D eigenvalue weighted by Gasteiger charge is -2.31. The summed E-state index contributed by atoms with van der Waals surface area (Å²) in [7, 11) is -4.67. The second kappa shape index (κ2) is 14.7. The Morgan fingerprint density at radius 2 is 0.629 bits per heavy atom. The molecule has 0 aliphatic carbocycles. The average Bonchev–Trinajstić information content (AvgIpc) is 3.84. The van der Waals surface area contributed by atoms with Gasteiger partial charge in [0, 0.05) is 0 Å². The van der Waals surface area contributed by atoms with E-state index in [-0.39, 0.29) is 0 Å². The van der Waals surface area contributed by atoms with Gasteiger partial charge in [0.05, 0.1) is 0 Å². The average molecular weight is 919 g/mol. The molecule has 0 amide bonds. The van der Waals surface area contributed by atoms with Crippen molar-refractivity contribution in [2.75, 3.05) is 0 Å². The van der Waals surface area contributed by atoms with Gasteiger partial charge >= 0.3 is 0 Å². The van der Waals surface area contributed by atoms with Crippen LogP contribution >= 0.6 is 0 Å². The van der Waals surface area contributed by atoms with E-state index in [0.717, 1.165) is 0 Å². The zero-order valence-electron chi connectivity index (χ0n) is 39.1. The van der Waals surface area contributed by atoms with Crippen LogP contribution in [0.1, 0.15) is 0 Å². The molecule has 0 nitrogen and oxygen atoms in total. The maximum Gasteiger partial charge on any atom is 0.180 e. The largest absolute Gasteiger partial charge is 0.180 e. The topological polar surface area (TPSA) is 0 Å². The van der Waals surface area contributed by atoms with Crippen molar-refractivity contribution in [1.82, 2.24) is 0 Å². The molecule has 2 heterocycles. The first kappa shape index (κ1) is 39.8. The maximum atomic E-state index is 2.59. The Labute approximate surface area is 409 Å². The van der Waals surface area contributed by atoms with Crippen LogP contribution in [0.3, 0.4) is 0 Å². The minimum absolute atomic E-state index is 1.26. The molecule has 0 bridgehead atoms. The number of fused-ring (bicyclic) bond motifs is 15. The van der Waals surface area contributed by atoms with Crippen molar-refractivity contribution in [3.05, 3.63) is 243 Å². The molecule has 0 fully saturated rings. The summed E-state index contributed by atoms with van der Waals surface area (Å²) in [5.74, 6) is 0. The quantitative estimate of drug-likeness (QED) is 0.0937. The van der Waals surface area contributed by atoms with Crippen molar-refractivity contribution in [1.29, 1.82) is 0 Å². The van der Waals surface area contributed by atoms with Gasteiger partial charge < -0.3 is 0 Å². The SMILES string of the molecule is C[Si]1(C)c2ccc(-c3c4ccccc4c(-c4ccc5c(c4)-c4ccccc4[Si]5(c4ccccc4)c4ccccc4)c4ccccc34)cc2-c2cc3c(cc21)c1ccccc1c1cc2ccccc2cc31. The van der Waals surface area contributed by atoms with Gasteiger partial charge in [-0.2, -0.15) is 0 Å². The fraction of sp³-hybridized carbons (Fsp3) is 0.0294. The Morgan fingerprint density at radius 3 is 1.19 bits per heavy atom. The van der Waals surface area contributed by atoms with Gasteiger partial charge in [-0.05, 0) is 171 Å². The van der Waals surface area contributed by atoms with Gasteiger partial charge in [0.1, 0.15) is 8.07 Å². The van der Waals surface area contributed by atoms with Crippen LogP contribution in [0.15, 0.2) is 243 Å². The second-order valence-electron chi connectivity index (χ2n) is 20.2. The van der Waals surface area contributed by atoms with Crippen molar-refractivity contribution >= 4 is 112 Å². The smallest absolute Gasteiger partial charge is 0.0623 e. The summed E-state index contributed by atoms with van der Waals surface area (Å²) < 4.78 is 0. The summed E-state index contributed by atoms with van der Waals surface area (Å²) in [6.07, 6.45) is 0. The molecule has 0 saturated carbocycles. The van der Waals surface area contributed by atoms with E-state index in [2.05, 4.69) is 256 Å². The Morgan fingerprint density at radius 1 is 0.243 bits per heavy atom. The first-order valence-electron chi connectivity index (χ1n) is 24.7. The second-order valence-corrected chi connectivity index (χ2v) is 28.3. The first-order valence-corrected chi connectivity index (χ1v) is 29.7. The highest BCUT2D eigenvalue weighted by Gasteiger charge is 2.48. The summed E-state index contributed by atoms with van der Waals surface area (Å²) in [5.41, 5.74) is 10.6. The van der Waals surface area contributed by atoms with Gasteiger partial charge in [0.25, 0.3) is 0 Å². The normalized spacial score (nSPS) is 14.1. The first-order chi connectivity index (χ1) is 34.5. The highest BCUT2D eigenvalue weighted by Crippen LogP contribution is 2.47. The van der Waals surface area contributed by atoms with Gasteiger partial charge in [0.15, 0.2) is 8.07 Å². The minimum atomic E-state index is -2.60. The van der Waals surface area contributed by atoms with Gasteiger partial charge in [-0.3, -0.25) is 0 Å². The van der Waals surface area contributed by atoms with Gasteiger partial charge in [-0.15, -0.1) is 0 Å². The number of rotatable bonds is 4. The molecule has 70 heavy (non-hydrogen) atoms. The number of hydrogen-bond donors (Lipinski definition) is 0. The number of benzene rings is 13. The lowest BCUT2D eigenvalue weighted by molar-refractivity contribution is 1.66. The third kappa shape index (κ3) is 5.35. The molecule has 2 heteroatoms. The molecule has 13 aromatic rings. The van der Waals surface area contributed by atoms with E-state index in [1.54, 1.807) is 0 Å². The molecule has 0 N–H and O–H groups in total. The Bertz CT molecular complexity index is 4280. The number of hydrogen-bond acceptors (Lipinski definition) is 0. The van der Waals surface area contributed by atoms with E-state index in [4.69, 9.17) is 0 Å². The van der Waals surface area contributed by atoms with E-state index in [0.29, 0.717) is 0 Å². The maximum absolute atomic E-state index is 2.60. The molecule has 2 aliphatic heterocycles. The van der Waals surface area contributed by atoms with Crippen LogP contribution in [-0.2, 0) is 0 Å². The lowest BCUT2D eigenvalue weighted by Crippen LogP contribution is -2.72. The zero-order valence-corrected chi connectivity index (χ0v) is 41.1. The third-order valence-electron chi connectivity index (χ3n) is 16.5. The molecule has 0 unspecified atom stereocenters. The van der Waals surface area contributed by atoms with E-state index >= 15 is 0 Å². The predicted molar refractivity (Wildman–Crippen MR) is 307 cm³/mol. The Balaban J connectivity index is 0.952. The van der Waals surface area contributed by atoms with E-state index in [1.807, 2.05) is 0 Å². The molecular weight excluding hydrogens is 873 g/mol. The molecular formula is C68H46Si2. The van der Waals surface area contributed by atoms with Crippen molar-refractivity contribution in [3.8, 4) is 44.5 Å². The molecule has 0 saturated heterocycles. The van der Waals surface area contributed by atoms with Crippen molar-refractivity contribution in [3.63, 3.8) is 0 Å². The molecule has 2 aliphatic rings. The van der Waals surface area contributed by atoms with Crippen LogP contribution in [0.5, 0.6) is 0 Å². The fourth-order valence-electron chi connectivity index (χ4n) is 13.4. The third-order valence-corrected chi connectivity index (χ3v) is 24.9. The Kier molecular flexibility index (Phi) is 8.35. The molecule has 13 aromatic carbocycles. The molecule has 0 atom stereocenters. The van der Waals surface area contributed by atoms with Crippen LogP contribution < -0.4 is 31.1 Å². The van der Waals surface area contributed by atoms with Crippen LogP contribution in [0, 0.1) is 0 Å². The van der Waals surface area contributed by atoms with Crippen LogP contribution in [0.4, 0.5) is 0 Å². The standard InChI is InChI=1S/C68H46Si2/c1-69(2)63-35-33-45(40-61(63)62-41-58-57-38-44-20-10-9-19-43(44)37-56(57)49-25-11-12-26-50(49)59(58)42-66(62)69)67-52-28-13-15-30-54(52)68(55-31-16-14-29-53(55)67)46-34-36-65-60(39-46)51-27-17-18-32-64(51)70(65,47-21-5-3-6-22-47)48-23-7-4-8-24-48/h3-42H,1-2H3. The van der Waals surface area contributed by atoms with Crippen molar-refractivity contribution < 1.29 is 0 Å². The molecule has 0 spiro atoms. The van der Waals surface area contributed by atoms with E-state index in [9.17, 15) is 0 Å². The van der Waals surface area contributed by atoms with Gasteiger partial charge in [0.2, 0.25) is 0 Å². The van der Waals surface area contributed by atoms with Crippen molar-refractivity contribution in [2.24, 2.45) is 0 Å². The summed E-state index contributed by atoms with van der Waals surface area (Å²) in [6.45, 7) is 5.11. The van der Waals surface area contributed by atoms with Crippen molar-refractivity contribution in [2.45, 2.75) is 13.1 Å². The van der Waals surface area contributed by atoms with E-state index < -0.39 is 16.1 Å². The van der Waals surface area contributed by atoms with Gasteiger partial charge in [-0.1, -0.05) is 225 Å². The zero-order chi connectivity index (χ0) is 46.3. The van der Waals surface area contributed by atoms with E-state index in [1.165, 1.54) is 140 Å².